The highest BCUT2D eigenvalue weighted by molar-refractivity contribution is 7.89. The molecule has 3 N–H and O–H groups in total. The third kappa shape index (κ3) is 3.74. The van der Waals surface area contributed by atoms with E-state index in [4.69, 9.17) is 5.73 Å². The second-order valence-electron chi connectivity index (χ2n) is 5.90. The Morgan fingerprint density at radius 3 is 2.48 bits per heavy atom. The first-order valence-electron chi connectivity index (χ1n) is 7.41. The summed E-state index contributed by atoms with van der Waals surface area (Å²) in [7, 11) is -3.86. The first kappa shape index (κ1) is 16.2. The fourth-order valence-corrected chi connectivity index (χ4v) is 4.42. The molecular formula is C15H23FN2O2S. The Bertz CT molecular complexity index is 608. The van der Waals surface area contributed by atoms with E-state index < -0.39 is 15.8 Å². The predicted octanol–water partition coefficient (Wildman–Crippen LogP) is 2.96. The van der Waals surface area contributed by atoms with E-state index in [-0.39, 0.29) is 22.2 Å². The second-order valence-corrected chi connectivity index (χ2v) is 7.58. The van der Waals surface area contributed by atoms with Gasteiger partial charge in [-0.1, -0.05) is 13.3 Å². The van der Waals surface area contributed by atoms with Crippen molar-refractivity contribution in [3.05, 3.63) is 23.5 Å². The number of aryl methyl sites for hydroxylation is 1. The van der Waals surface area contributed by atoms with Crippen molar-refractivity contribution in [2.75, 3.05) is 5.73 Å². The molecule has 1 saturated carbocycles. The van der Waals surface area contributed by atoms with Crippen LogP contribution in [0.2, 0.25) is 0 Å². The lowest BCUT2D eigenvalue weighted by Gasteiger charge is -2.28. The third-order valence-electron chi connectivity index (χ3n) is 4.28. The maximum atomic E-state index is 14.1. The molecule has 0 heterocycles. The Hall–Kier alpha value is -1.14. The molecule has 1 aromatic carbocycles. The number of hydrogen-bond acceptors (Lipinski definition) is 3. The number of halogens is 1. The van der Waals surface area contributed by atoms with Gasteiger partial charge in [0, 0.05) is 11.7 Å². The van der Waals surface area contributed by atoms with Crippen molar-refractivity contribution in [1.82, 2.24) is 4.72 Å². The fourth-order valence-electron chi connectivity index (χ4n) is 2.93. The monoisotopic (exact) mass is 314 g/mol. The first-order valence-corrected chi connectivity index (χ1v) is 8.89. The lowest BCUT2D eigenvalue weighted by Crippen LogP contribution is -2.38. The summed E-state index contributed by atoms with van der Waals surface area (Å²) in [5.74, 6) is -0.0453. The van der Waals surface area contributed by atoms with Crippen molar-refractivity contribution in [1.29, 1.82) is 0 Å². The number of rotatable bonds is 4. The van der Waals surface area contributed by atoms with Gasteiger partial charge in [0.25, 0.3) is 0 Å². The highest BCUT2D eigenvalue weighted by Gasteiger charge is 2.27. The Morgan fingerprint density at radius 2 is 1.90 bits per heavy atom. The van der Waals surface area contributed by atoms with E-state index in [1.54, 1.807) is 0 Å². The summed E-state index contributed by atoms with van der Waals surface area (Å²) < 4.78 is 41.4. The van der Waals surface area contributed by atoms with Crippen LogP contribution in [0.5, 0.6) is 0 Å². The Balaban J connectivity index is 2.16. The van der Waals surface area contributed by atoms with Gasteiger partial charge in [0.05, 0.1) is 0 Å². The Morgan fingerprint density at radius 1 is 1.29 bits per heavy atom. The van der Waals surface area contributed by atoms with Crippen molar-refractivity contribution in [3.63, 3.8) is 0 Å². The molecule has 118 valence electrons. The molecule has 0 radical (unpaired) electrons. The number of sulfonamides is 1. The zero-order chi connectivity index (χ0) is 15.6. The minimum atomic E-state index is -3.86. The van der Waals surface area contributed by atoms with E-state index in [0.29, 0.717) is 5.92 Å². The molecule has 0 bridgehead atoms. The molecule has 1 aromatic rings. The van der Waals surface area contributed by atoms with Gasteiger partial charge >= 0.3 is 0 Å². The molecule has 2 rings (SSSR count). The van der Waals surface area contributed by atoms with Crippen LogP contribution in [-0.2, 0) is 10.0 Å². The molecule has 6 heteroatoms. The maximum Gasteiger partial charge on any atom is 0.243 e. The summed E-state index contributed by atoms with van der Waals surface area (Å²) in [6.07, 6.45) is 4.77. The van der Waals surface area contributed by atoms with E-state index in [0.717, 1.165) is 32.1 Å². The molecule has 0 amide bonds. The van der Waals surface area contributed by atoms with Crippen LogP contribution < -0.4 is 10.5 Å². The summed E-state index contributed by atoms with van der Waals surface area (Å²) in [4.78, 5) is -0.349. The SMILES string of the molecule is CCC1CCC(NS(=O)(=O)c2cc(N)cc(C)c2F)CC1. The highest BCUT2D eigenvalue weighted by Crippen LogP contribution is 2.28. The van der Waals surface area contributed by atoms with Gasteiger partial charge in [-0.05, 0) is 56.2 Å². The number of nitrogens with one attached hydrogen (secondary N) is 1. The topological polar surface area (TPSA) is 72.2 Å². The summed E-state index contributed by atoms with van der Waals surface area (Å²) in [6, 6.07) is 2.50. The number of anilines is 1. The van der Waals surface area contributed by atoms with E-state index >= 15 is 0 Å². The fraction of sp³-hybridized carbons (Fsp3) is 0.600. The summed E-state index contributed by atoms with van der Waals surface area (Å²) in [5.41, 5.74) is 6.13. The zero-order valence-electron chi connectivity index (χ0n) is 12.5. The van der Waals surface area contributed by atoms with Gasteiger partial charge in [0.1, 0.15) is 10.7 Å². The first-order chi connectivity index (χ1) is 9.83. The molecule has 4 nitrogen and oxygen atoms in total. The molecule has 1 aliphatic rings. The molecule has 1 fully saturated rings. The lowest BCUT2D eigenvalue weighted by molar-refractivity contribution is 0.306. The zero-order valence-corrected chi connectivity index (χ0v) is 13.3. The quantitative estimate of drug-likeness (QED) is 0.839. The van der Waals surface area contributed by atoms with Crippen LogP contribution in [0.25, 0.3) is 0 Å². The average Bonchev–Trinajstić information content (AvgIpc) is 2.43. The molecule has 0 aromatic heterocycles. The average molecular weight is 314 g/mol. The largest absolute Gasteiger partial charge is 0.399 e. The van der Waals surface area contributed by atoms with Crippen LogP contribution in [0.4, 0.5) is 10.1 Å². The molecule has 0 atom stereocenters. The highest BCUT2D eigenvalue weighted by atomic mass is 32.2. The normalized spacial score (nSPS) is 23.2. The van der Waals surface area contributed by atoms with Gasteiger partial charge < -0.3 is 5.73 Å². The molecule has 0 unspecified atom stereocenters. The van der Waals surface area contributed by atoms with Crippen molar-refractivity contribution in [2.45, 2.75) is 56.9 Å². The van der Waals surface area contributed by atoms with Gasteiger partial charge in [-0.15, -0.1) is 0 Å². The van der Waals surface area contributed by atoms with Gasteiger partial charge in [0.15, 0.2) is 0 Å². The second kappa shape index (κ2) is 6.32. The summed E-state index contributed by atoms with van der Waals surface area (Å²) in [5, 5.41) is 0. The number of nitrogen functional groups attached to an aromatic ring is 1. The third-order valence-corrected chi connectivity index (χ3v) is 5.80. The van der Waals surface area contributed by atoms with Gasteiger partial charge in [0.2, 0.25) is 10.0 Å². The van der Waals surface area contributed by atoms with E-state index in [1.807, 2.05) is 0 Å². The lowest BCUT2D eigenvalue weighted by atomic mass is 9.85. The predicted molar refractivity (Wildman–Crippen MR) is 81.9 cm³/mol. The number of hydrogen-bond donors (Lipinski definition) is 2. The van der Waals surface area contributed by atoms with Crippen LogP contribution in [0.3, 0.4) is 0 Å². The minimum Gasteiger partial charge on any atom is -0.399 e. The van der Waals surface area contributed by atoms with Crippen molar-refractivity contribution in [3.8, 4) is 0 Å². The van der Waals surface area contributed by atoms with E-state index in [2.05, 4.69) is 11.6 Å². The molecule has 0 saturated heterocycles. The maximum absolute atomic E-state index is 14.1. The molecule has 1 aliphatic carbocycles. The Labute approximate surface area is 126 Å². The van der Waals surface area contributed by atoms with Gasteiger partial charge in [-0.2, -0.15) is 0 Å². The van der Waals surface area contributed by atoms with Crippen molar-refractivity contribution >= 4 is 15.7 Å². The van der Waals surface area contributed by atoms with Crippen molar-refractivity contribution < 1.29 is 12.8 Å². The number of nitrogens with two attached hydrogens (primary N) is 1. The standard InChI is InChI=1S/C15H23FN2O2S/c1-3-11-4-6-13(7-5-11)18-21(19,20)14-9-12(17)8-10(2)15(14)16/h8-9,11,13,18H,3-7,17H2,1-2H3. The van der Waals surface area contributed by atoms with Crippen LogP contribution in [-0.4, -0.2) is 14.5 Å². The van der Waals surface area contributed by atoms with Gasteiger partial charge in [-0.25, -0.2) is 17.5 Å². The van der Waals surface area contributed by atoms with Crippen LogP contribution in [0.1, 0.15) is 44.6 Å². The van der Waals surface area contributed by atoms with Crippen molar-refractivity contribution in [2.24, 2.45) is 5.92 Å². The number of benzene rings is 1. The molecule has 21 heavy (non-hydrogen) atoms. The smallest absolute Gasteiger partial charge is 0.243 e. The minimum absolute atomic E-state index is 0.112. The van der Waals surface area contributed by atoms with Crippen LogP contribution >= 0.6 is 0 Å². The molecule has 0 aliphatic heterocycles. The summed E-state index contributed by atoms with van der Waals surface area (Å²) in [6.45, 7) is 3.66. The molecular weight excluding hydrogens is 291 g/mol. The van der Waals surface area contributed by atoms with E-state index in [9.17, 15) is 12.8 Å². The van der Waals surface area contributed by atoms with Crippen LogP contribution in [0, 0.1) is 18.7 Å². The Kier molecular flexibility index (Phi) is 4.88. The van der Waals surface area contributed by atoms with E-state index in [1.165, 1.54) is 19.1 Å². The molecule has 0 spiro atoms. The van der Waals surface area contributed by atoms with Gasteiger partial charge in [-0.3, -0.25) is 0 Å². The van der Waals surface area contributed by atoms with Crippen LogP contribution in [0.15, 0.2) is 17.0 Å². The summed E-state index contributed by atoms with van der Waals surface area (Å²) >= 11 is 0.